The summed E-state index contributed by atoms with van der Waals surface area (Å²) in [7, 11) is 0. The molecule has 0 radical (unpaired) electrons. The summed E-state index contributed by atoms with van der Waals surface area (Å²) in [6.45, 7) is 2.72. The molecule has 1 saturated carbocycles. The molecule has 0 bridgehead atoms. The van der Waals surface area contributed by atoms with Crippen molar-refractivity contribution in [1.29, 1.82) is 0 Å². The number of amides is 1. The van der Waals surface area contributed by atoms with Crippen LogP contribution in [0.2, 0.25) is 0 Å². The van der Waals surface area contributed by atoms with Crippen LogP contribution in [-0.2, 0) is 14.9 Å². The highest BCUT2D eigenvalue weighted by Crippen LogP contribution is 2.45. The van der Waals surface area contributed by atoms with Crippen LogP contribution in [0.15, 0.2) is 24.5 Å². The zero-order valence-corrected chi connectivity index (χ0v) is 14.5. The number of rotatable bonds is 2. The quantitative estimate of drug-likeness (QED) is 0.713. The SMILES string of the molecule is O=C(N1CCOCC1)C1(c2ccc3c(I)cnn3c2)CCC1. The number of nitrogens with zero attached hydrogens (tertiary/aromatic N) is 3. The van der Waals surface area contributed by atoms with Gasteiger partial charge in [0.05, 0.1) is 33.9 Å². The molecule has 0 atom stereocenters. The Morgan fingerprint density at radius 2 is 2.05 bits per heavy atom. The van der Waals surface area contributed by atoms with E-state index in [2.05, 4.69) is 39.8 Å². The van der Waals surface area contributed by atoms with Gasteiger partial charge in [-0.15, -0.1) is 0 Å². The molecule has 3 heterocycles. The molecule has 0 N–H and O–H groups in total. The number of fused-ring (bicyclic) bond motifs is 1. The topological polar surface area (TPSA) is 46.8 Å². The summed E-state index contributed by atoms with van der Waals surface area (Å²) in [6.07, 6.45) is 6.89. The van der Waals surface area contributed by atoms with Crippen molar-refractivity contribution < 1.29 is 9.53 Å². The van der Waals surface area contributed by atoms with Gasteiger partial charge in [0.2, 0.25) is 5.91 Å². The highest BCUT2D eigenvalue weighted by Gasteiger charge is 2.48. The summed E-state index contributed by atoms with van der Waals surface area (Å²) in [5, 5.41) is 4.39. The number of hydrogen-bond acceptors (Lipinski definition) is 3. The third-order valence-corrected chi connectivity index (χ3v) is 5.77. The minimum Gasteiger partial charge on any atom is -0.378 e. The predicted octanol–water partition coefficient (Wildman–Crippen LogP) is 2.22. The van der Waals surface area contributed by atoms with Gasteiger partial charge in [0, 0.05) is 19.3 Å². The molecular formula is C16H18IN3O2. The molecular weight excluding hydrogens is 393 g/mol. The summed E-state index contributed by atoms with van der Waals surface area (Å²) in [5.74, 6) is 0.267. The van der Waals surface area contributed by atoms with Gasteiger partial charge in [-0.05, 0) is 47.1 Å². The second-order valence-electron chi connectivity index (χ2n) is 6.08. The number of hydrogen-bond donors (Lipinski definition) is 0. The lowest BCUT2D eigenvalue weighted by atomic mass is 9.64. The average molecular weight is 411 g/mol. The standard InChI is InChI=1S/C16H18IN3O2/c17-13-10-18-20-11-12(2-3-14(13)20)16(4-1-5-16)15(21)19-6-8-22-9-7-19/h2-3,10-11H,1,4-9H2. The second-order valence-corrected chi connectivity index (χ2v) is 7.24. The molecule has 6 heteroatoms. The van der Waals surface area contributed by atoms with Crippen LogP contribution in [0.25, 0.3) is 5.52 Å². The molecule has 2 aliphatic rings. The van der Waals surface area contributed by atoms with Crippen LogP contribution in [0, 0.1) is 3.57 Å². The highest BCUT2D eigenvalue weighted by molar-refractivity contribution is 14.1. The first kappa shape index (κ1) is 14.4. The molecule has 4 rings (SSSR count). The summed E-state index contributed by atoms with van der Waals surface area (Å²) in [6, 6.07) is 4.19. The van der Waals surface area contributed by atoms with Crippen molar-refractivity contribution in [1.82, 2.24) is 14.5 Å². The summed E-state index contributed by atoms with van der Waals surface area (Å²) in [4.78, 5) is 15.1. The zero-order valence-electron chi connectivity index (χ0n) is 12.3. The van der Waals surface area contributed by atoms with E-state index in [0.29, 0.717) is 26.3 Å². The molecule has 2 fully saturated rings. The Bertz CT molecular complexity index is 717. The van der Waals surface area contributed by atoms with E-state index in [1.165, 1.54) is 0 Å². The lowest BCUT2D eigenvalue weighted by Gasteiger charge is -2.44. The van der Waals surface area contributed by atoms with Crippen molar-refractivity contribution in [3.63, 3.8) is 0 Å². The van der Waals surface area contributed by atoms with Gasteiger partial charge >= 0.3 is 0 Å². The van der Waals surface area contributed by atoms with Crippen LogP contribution in [0.4, 0.5) is 0 Å². The molecule has 0 spiro atoms. The molecule has 2 aromatic heterocycles. The molecule has 2 aromatic rings. The lowest BCUT2D eigenvalue weighted by Crippen LogP contribution is -2.54. The first-order valence-corrected chi connectivity index (χ1v) is 8.79. The number of pyridine rings is 1. The smallest absolute Gasteiger partial charge is 0.233 e. The van der Waals surface area contributed by atoms with Gasteiger partial charge in [-0.3, -0.25) is 4.79 Å². The van der Waals surface area contributed by atoms with Crippen LogP contribution in [0.1, 0.15) is 24.8 Å². The summed E-state index contributed by atoms with van der Waals surface area (Å²) >= 11 is 2.29. The van der Waals surface area contributed by atoms with Gasteiger partial charge in [-0.2, -0.15) is 5.10 Å². The van der Waals surface area contributed by atoms with E-state index in [4.69, 9.17) is 4.74 Å². The fourth-order valence-electron chi connectivity index (χ4n) is 3.46. The second kappa shape index (κ2) is 5.49. The Hall–Kier alpha value is -1.15. The van der Waals surface area contributed by atoms with Gasteiger partial charge in [0.1, 0.15) is 0 Å². The van der Waals surface area contributed by atoms with Crippen LogP contribution in [0.5, 0.6) is 0 Å². The number of halogens is 1. The Kier molecular flexibility index (Phi) is 3.60. The maximum absolute atomic E-state index is 13.1. The van der Waals surface area contributed by atoms with E-state index >= 15 is 0 Å². The molecule has 0 aromatic carbocycles. The third kappa shape index (κ3) is 2.15. The van der Waals surface area contributed by atoms with E-state index in [9.17, 15) is 4.79 Å². The maximum atomic E-state index is 13.1. The van der Waals surface area contributed by atoms with Crippen LogP contribution < -0.4 is 0 Å². The fourth-order valence-corrected chi connectivity index (χ4v) is 4.01. The van der Waals surface area contributed by atoms with Crippen molar-refractivity contribution in [3.05, 3.63) is 33.7 Å². The van der Waals surface area contributed by atoms with Crippen molar-refractivity contribution in [3.8, 4) is 0 Å². The normalized spacial score (nSPS) is 20.9. The van der Waals surface area contributed by atoms with Crippen LogP contribution >= 0.6 is 22.6 Å². The van der Waals surface area contributed by atoms with E-state index in [1.54, 1.807) is 0 Å². The number of ether oxygens (including phenoxy) is 1. The number of carbonyl (C=O) groups is 1. The van der Waals surface area contributed by atoms with Gasteiger partial charge in [-0.1, -0.05) is 12.5 Å². The number of carbonyl (C=O) groups excluding carboxylic acids is 1. The zero-order chi connectivity index (χ0) is 15.2. The van der Waals surface area contributed by atoms with Crippen LogP contribution in [-0.4, -0.2) is 46.7 Å². The molecule has 0 unspecified atom stereocenters. The molecule has 116 valence electrons. The molecule has 1 aliphatic carbocycles. The summed E-state index contributed by atoms with van der Waals surface area (Å²) in [5.41, 5.74) is 1.85. The molecule has 1 amide bonds. The monoisotopic (exact) mass is 411 g/mol. The maximum Gasteiger partial charge on any atom is 0.233 e. The first-order valence-electron chi connectivity index (χ1n) is 7.71. The van der Waals surface area contributed by atoms with Crippen molar-refractivity contribution in [2.45, 2.75) is 24.7 Å². The van der Waals surface area contributed by atoms with E-state index in [0.717, 1.165) is 33.9 Å². The molecule has 22 heavy (non-hydrogen) atoms. The van der Waals surface area contributed by atoms with Gasteiger partial charge < -0.3 is 9.64 Å². The van der Waals surface area contributed by atoms with Crippen molar-refractivity contribution >= 4 is 34.0 Å². The summed E-state index contributed by atoms with van der Waals surface area (Å²) < 4.78 is 8.39. The Morgan fingerprint density at radius 3 is 2.73 bits per heavy atom. The van der Waals surface area contributed by atoms with E-state index in [-0.39, 0.29) is 11.3 Å². The first-order chi connectivity index (χ1) is 10.7. The lowest BCUT2D eigenvalue weighted by molar-refractivity contribution is -0.145. The minimum atomic E-state index is -0.344. The molecule has 1 saturated heterocycles. The third-order valence-electron chi connectivity index (χ3n) is 4.94. The Balaban J connectivity index is 1.70. The van der Waals surface area contributed by atoms with Crippen molar-refractivity contribution in [2.75, 3.05) is 26.3 Å². The minimum absolute atomic E-state index is 0.267. The Morgan fingerprint density at radius 1 is 1.27 bits per heavy atom. The van der Waals surface area contributed by atoms with Gasteiger partial charge in [0.25, 0.3) is 0 Å². The van der Waals surface area contributed by atoms with Crippen molar-refractivity contribution in [2.24, 2.45) is 0 Å². The van der Waals surface area contributed by atoms with E-state index < -0.39 is 0 Å². The van der Waals surface area contributed by atoms with E-state index in [1.807, 2.05) is 21.8 Å². The molecule has 5 nitrogen and oxygen atoms in total. The number of aromatic nitrogens is 2. The van der Waals surface area contributed by atoms with Gasteiger partial charge in [0.15, 0.2) is 0 Å². The predicted molar refractivity (Wildman–Crippen MR) is 90.8 cm³/mol. The van der Waals surface area contributed by atoms with Crippen LogP contribution in [0.3, 0.4) is 0 Å². The highest BCUT2D eigenvalue weighted by atomic mass is 127. The van der Waals surface area contributed by atoms with Gasteiger partial charge in [-0.25, -0.2) is 4.52 Å². The Labute approximate surface area is 142 Å². The fraction of sp³-hybridized carbons (Fsp3) is 0.500. The largest absolute Gasteiger partial charge is 0.378 e. The number of morpholine rings is 1. The molecule has 1 aliphatic heterocycles. The average Bonchev–Trinajstić information content (AvgIpc) is 2.88.